The van der Waals surface area contributed by atoms with E-state index in [0.717, 1.165) is 37.3 Å². The second kappa shape index (κ2) is 21.2. The van der Waals surface area contributed by atoms with Crippen molar-refractivity contribution in [1.82, 2.24) is 39.1 Å². The maximum Gasteiger partial charge on any atom is 0.338 e. The molecule has 0 bridgehead atoms. The Bertz CT molecular complexity index is 2200. The van der Waals surface area contributed by atoms with Crippen LogP contribution in [0.2, 0.25) is 0 Å². The Labute approximate surface area is 338 Å². The highest BCUT2D eigenvalue weighted by Crippen LogP contribution is 2.21. The third-order valence-corrected chi connectivity index (χ3v) is 9.71. The Morgan fingerprint density at radius 3 is 1.37 bits per heavy atom. The number of aromatic nitrogens is 8. The quantitative estimate of drug-likeness (QED) is 0.0798. The highest BCUT2D eigenvalue weighted by molar-refractivity contribution is 8.00. The van der Waals surface area contributed by atoms with E-state index in [0.29, 0.717) is 39.4 Å². The van der Waals surface area contributed by atoms with Crippen LogP contribution >= 0.6 is 23.5 Å². The molecule has 0 fully saturated rings. The first-order chi connectivity index (χ1) is 27.7. The van der Waals surface area contributed by atoms with Crippen LogP contribution in [0, 0.1) is 0 Å². The van der Waals surface area contributed by atoms with E-state index < -0.39 is 5.97 Å². The van der Waals surface area contributed by atoms with E-state index >= 15 is 0 Å². The second-order valence-corrected chi connectivity index (χ2v) is 14.0. The highest BCUT2D eigenvalue weighted by atomic mass is 32.2. The zero-order chi connectivity index (χ0) is 40.6. The Morgan fingerprint density at radius 2 is 1.00 bits per heavy atom. The van der Waals surface area contributed by atoms with E-state index in [1.54, 1.807) is 55.5 Å². The minimum Gasteiger partial charge on any atom is -0.465 e. The molecule has 4 aromatic heterocycles. The van der Waals surface area contributed by atoms with Crippen molar-refractivity contribution in [1.29, 1.82) is 0 Å². The van der Waals surface area contributed by atoms with Crippen LogP contribution in [-0.4, -0.2) is 88.1 Å². The van der Waals surface area contributed by atoms with Gasteiger partial charge in [-0.2, -0.15) is 0 Å². The number of rotatable bonds is 17. The minimum absolute atomic E-state index is 0.169. The molecular weight excluding hydrogens is 769 g/mol. The molecule has 0 radical (unpaired) electrons. The van der Waals surface area contributed by atoms with Crippen molar-refractivity contribution in [3.63, 3.8) is 0 Å². The van der Waals surface area contributed by atoms with E-state index in [4.69, 9.17) is 4.74 Å². The van der Waals surface area contributed by atoms with Crippen molar-refractivity contribution >= 4 is 58.7 Å². The third-order valence-electron chi connectivity index (χ3n) is 7.87. The number of amides is 2. The number of esters is 2. The molecular formula is C39H44N10O6S2. The zero-order valence-electron chi connectivity index (χ0n) is 32.0. The van der Waals surface area contributed by atoms with Crippen molar-refractivity contribution in [2.45, 2.75) is 56.8 Å². The summed E-state index contributed by atoms with van der Waals surface area (Å²) in [5.74, 6) is 0.929. The molecule has 6 aromatic rings. The van der Waals surface area contributed by atoms with Gasteiger partial charge in [0, 0.05) is 49.0 Å². The average molecular weight is 813 g/mol. The smallest absolute Gasteiger partial charge is 0.338 e. The molecule has 0 saturated heterocycles. The van der Waals surface area contributed by atoms with E-state index in [-0.39, 0.29) is 29.3 Å². The summed E-state index contributed by atoms with van der Waals surface area (Å²) in [6.45, 7) is 6.25. The fraction of sp³-hybridized carbons (Fsp3) is 0.282. The van der Waals surface area contributed by atoms with Gasteiger partial charge in [-0.3, -0.25) is 18.9 Å². The van der Waals surface area contributed by atoms with Gasteiger partial charge in [0.15, 0.2) is 11.6 Å². The monoisotopic (exact) mass is 812 g/mol. The van der Waals surface area contributed by atoms with Gasteiger partial charge in [-0.1, -0.05) is 37.4 Å². The molecule has 2 N–H and O–H groups in total. The number of methoxy groups -OCH3 is 1. The molecule has 0 aliphatic heterocycles. The summed E-state index contributed by atoms with van der Waals surface area (Å²) in [6.07, 6.45) is 11.1. The molecule has 298 valence electrons. The van der Waals surface area contributed by atoms with Gasteiger partial charge in [0.05, 0.1) is 36.3 Å². The number of carbonyl (C=O) groups excluding carboxylic acids is 4. The molecule has 2 amide bonds. The highest BCUT2D eigenvalue weighted by Gasteiger charge is 2.17. The minimum atomic E-state index is -0.416. The Hall–Kier alpha value is -6.14. The summed E-state index contributed by atoms with van der Waals surface area (Å²) in [5.41, 5.74) is 2.10. The average Bonchev–Trinajstić information content (AvgIpc) is 4.06. The molecule has 0 spiro atoms. The lowest BCUT2D eigenvalue weighted by atomic mass is 10.2. The maximum absolute atomic E-state index is 12.3. The lowest BCUT2D eigenvalue weighted by Crippen LogP contribution is -2.16. The molecule has 0 saturated carbocycles. The van der Waals surface area contributed by atoms with Crippen LogP contribution in [-0.2, 0) is 31.9 Å². The predicted octanol–water partition coefficient (Wildman–Crippen LogP) is 6.11. The molecule has 0 aliphatic carbocycles. The maximum atomic E-state index is 12.3. The number of hydrogen-bond acceptors (Lipinski definition) is 12. The number of nitrogens with one attached hydrogen (secondary N) is 2. The van der Waals surface area contributed by atoms with Crippen LogP contribution < -0.4 is 10.6 Å². The molecule has 2 aromatic carbocycles. The van der Waals surface area contributed by atoms with Gasteiger partial charge >= 0.3 is 11.9 Å². The first-order valence-electron chi connectivity index (χ1n) is 18.2. The van der Waals surface area contributed by atoms with Gasteiger partial charge in [-0.25, -0.2) is 18.9 Å². The van der Waals surface area contributed by atoms with E-state index in [9.17, 15) is 19.2 Å². The number of benzene rings is 2. The van der Waals surface area contributed by atoms with Crippen molar-refractivity contribution in [2.24, 2.45) is 0 Å². The Morgan fingerprint density at radius 1 is 0.596 bits per heavy atom. The van der Waals surface area contributed by atoms with Crippen LogP contribution in [0.15, 0.2) is 108 Å². The zero-order valence-corrected chi connectivity index (χ0v) is 33.7. The van der Waals surface area contributed by atoms with Crippen molar-refractivity contribution in [3.8, 4) is 0 Å². The summed E-state index contributed by atoms with van der Waals surface area (Å²) in [6, 6.07) is 20.8. The van der Waals surface area contributed by atoms with Crippen molar-refractivity contribution < 1.29 is 28.7 Å². The molecule has 57 heavy (non-hydrogen) atoms. The SMILES string of the molecule is CCCc1nnc(SCC(=O)Nc2ccc(C(=O)OC)cc2)n1-n1cccc1.CCCc1nnc(SCC(=O)Nc2ccc(C(=O)OCC)cc2)n1-n1cccc1. The molecule has 0 aliphatic rings. The Balaban J connectivity index is 0.000000218. The summed E-state index contributed by atoms with van der Waals surface area (Å²) in [5, 5.41) is 23.9. The molecule has 0 atom stereocenters. The number of thioether (sulfide) groups is 2. The summed E-state index contributed by atoms with van der Waals surface area (Å²) in [7, 11) is 1.33. The molecule has 6 rings (SSSR count). The van der Waals surface area contributed by atoms with Crippen LogP contribution in [0.5, 0.6) is 0 Å². The lowest BCUT2D eigenvalue weighted by Gasteiger charge is -2.11. The topological polar surface area (TPSA) is 182 Å². The van der Waals surface area contributed by atoms with Gasteiger partial charge < -0.3 is 20.1 Å². The number of aryl methyl sites for hydroxylation is 2. The van der Waals surface area contributed by atoms with E-state index in [1.165, 1.54) is 30.6 Å². The van der Waals surface area contributed by atoms with E-state index in [1.807, 2.05) is 67.8 Å². The Kier molecular flexibility index (Phi) is 15.7. The van der Waals surface area contributed by atoms with Crippen molar-refractivity contribution in [2.75, 3.05) is 35.9 Å². The van der Waals surface area contributed by atoms with Crippen LogP contribution in [0.25, 0.3) is 0 Å². The normalized spacial score (nSPS) is 10.7. The fourth-order valence-electron chi connectivity index (χ4n) is 5.28. The molecule has 0 unspecified atom stereocenters. The number of carbonyl (C=O) groups is 4. The van der Waals surface area contributed by atoms with Crippen molar-refractivity contribution in [3.05, 3.63) is 120 Å². The third kappa shape index (κ3) is 11.7. The van der Waals surface area contributed by atoms with Gasteiger partial charge in [0.2, 0.25) is 22.1 Å². The van der Waals surface area contributed by atoms with Gasteiger partial charge in [-0.05, 0) is 92.6 Å². The summed E-state index contributed by atoms with van der Waals surface area (Å²) < 4.78 is 17.2. The first-order valence-corrected chi connectivity index (χ1v) is 20.2. The number of hydrogen-bond donors (Lipinski definition) is 2. The summed E-state index contributed by atoms with van der Waals surface area (Å²) in [4.78, 5) is 47.8. The van der Waals surface area contributed by atoms with Gasteiger partial charge in [0.25, 0.3) is 0 Å². The molecule has 16 nitrogen and oxygen atoms in total. The van der Waals surface area contributed by atoms with Crippen LogP contribution in [0.4, 0.5) is 11.4 Å². The number of anilines is 2. The lowest BCUT2D eigenvalue weighted by molar-refractivity contribution is -0.114. The fourth-order valence-corrected chi connectivity index (χ4v) is 6.78. The second-order valence-electron chi connectivity index (χ2n) is 12.1. The predicted molar refractivity (Wildman–Crippen MR) is 217 cm³/mol. The largest absolute Gasteiger partial charge is 0.465 e. The summed E-state index contributed by atoms with van der Waals surface area (Å²) >= 11 is 2.63. The standard InChI is InChI=1S/C20H23N5O3S.C19H21N5O3S/c1-3-7-17-22-23-20(25(17)24-12-5-6-13-24)29-14-18(26)21-16-10-8-15(9-11-16)19(27)28-4-2;1-3-6-16-21-22-19(24(16)23-11-4-5-12-23)28-13-17(25)20-15-9-7-14(8-10-15)18(26)27-2/h5-6,8-13H,3-4,7,14H2,1-2H3,(H,21,26);4-5,7-12H,3,6,13H2,1-2H3,(H,20,25). The molecule has 4 heterocycles. The molecule has 18 heteroatoms. The van der Waals surface area contributed by atoms with Gasteiger partial charge in [0.1, 0.15) is 0 Å². The number of ether oxygens (including phenoxy) is 2. The van der Waals surface area contributed by atoms with Crippen LogP contribution in [0.3, 0.4) is 0 Å². The van der Waals surface area contributed by atoms with E-state index in [2.05, 4.69) is 49.6 Å². The number of nitrogens with zero attached hydrogens (tertiary/aromatic N) is 8. The van der Waals surface area contributed by atoms with Gasteiger partial charge in [-0.15, -0.1) is 20.4 Å². The van der Waals surface area contributed by atoms with Crippen LogP contribution in [0.1, 0.15) is 66.0 Å². The first kappa shape index (κ1) is 42.0.